The van der Waals surface area contributed by atoms with Crippen molar-refractivity contribution in [2.75, 3.05) is 17.7 Å². The van der Waals surface area contributed by atoms with E-state index >= 15 is 0 Å². The number of nitrogens with one attached hydrogen (secondary N) is 2. The number of anilines is 2. The SMILES string of the molecule is CNc1nc(-c2cccnc2)nc2ccc(-c3cccc(CCc4cccc5c4COC(=O)N5)c3)cc12. The monoisotopic (exact) mass is 487 g/mol. The first-order valence-electron chi connectivity index (χ1n) is 12.2. The summed E-state index contributed by atoms with van der Waals surface area (Å²) in [5, 5.41) is 6.98. The van der Waals surface area contributed by atoms with Crippen molar-refractivity contribution in [3.05, 3.63) is 102 Å². The molecule has 2 aromatic heterocycles. The van der Waals surface area contributed by atoms with Gasteiger partial charge in [0.2, 0.25) is 0 Å². The molecule has 2 N–H and O–H groups in total. The Morgan fingerprint density at radius 1 is 0.919 bits per heavy atom. The minimum atomic E-state index is -0.395. The first-order valence-corrected chi connectivity index (χ1v) is 12.2. The second kappa shape index (κ2) is 9.70. The maximum Gasteiger partial charge on any atom is 0.411 e. The van der Waals surface area contributed by atoms with Crippen molar-refractivity contribution in [1.82, 2.24) is 15.0 Å². The fraction of sp³-hybridized carbons (Fsp3) is 0.133. The Kier molecular flexibility index (Phi) is 5.94. The summed E-state index contributed by atoms with van der Waals surface area (Å²) in [6.45, 7) is 0.312. The molecular weight excluding hydrogens is 462 g/mol. The van der Waals surface area contributed by atoms with E-state index in [-0.39, 0.29) is 0 Å². The van der Waals surface area contributed by atoms with Gasteiger partial charge in [-0.15, -0.1) is 0 Å². The smallest absolute Gasteiger partial charge is 0.411 e. The molecule has 6 rings (SSSR count). The lowest BCUT2D eigenvalue weighted by atomic mass is 9.96. The summed E-state index contributed by atoms with van der Waals surface area (Å²) in [5.74, 6) is 1.43. The molecule has 5 aromatic rings. The number of hydrogen-bond donors (Lipinski definition) is 2. The molecule has 3 aromatic carbocycles. The first-order chi connectivity index (χ1) is 18.2. The number of pyridine rings is 1. The van der Waals surface area contributed by atoms with Gasteiger partial charge in [-0.05, 0) is 65.4 Å². The van der Waals surface area contributed by atoms with Crippen LogP contribution in [0.4, 0.5) is 16.3 Å². The van der Waals surface area contributed by atoms with E-state index in [1.807, 2.05) is 37.4 Å². The second-order valence-electron chi connectivity index (χ2n) is 8.96. The van der Waals surface area contributed by atoms with Crippen LogP contribution in [0.2, 0.25) is 0 Å². The Balaban J connectivity index is 1.27. The first kappa shape index (κ1) is 22.7. The molecule has 1 aliphatic heterocycles. The van der Waals surface area contributed by atoms with Gasteiger partial charge in [0.25, 0.3) is 0 Å². The third kappa shape index (κ3) is 4.59. The number of ether oxygens (including phenoxy) is 1. The molecule has 182 valence electrons. The third-order valence-electron chi connectivity index (χ3n) is 6.65. The molecule has 0 bridgehead atoms. The maximum atomic E-state index is 11.5. The van der Waals surface area contributed by atoms with Crippen molar-refractivity contribution in [1.29, 1.82) is 0 Å². The molecule has 7 heteroatoms. The number of amides is 1. The number of cyclic esters (lactones) is 1. The van der Waals surface area contributed by atoms with Gasteiger partial charge in [-0.1, -0.05) is 42.5 Å². The van der Waals surface area contributed by atoms with E-state index < -0.39 is 6.09 Å². The summed E-state index contributed by atoms with van der Waals surface area (Å²) in [7, 11) is 1.88. The Hall–Kier alpha value is -4.78. The van der Waals surface area contributed by atoms with E-state index in [4.69, 9.17) is 14.7 Å². The highest BCUT2D eigenvalue weighted by atomic mass is 16.5. The zero-order valence-electron chi connectivity index (χ0n) is 20.4. The average molecular weight is 488 g/mol. The number of aromatic nitrogens is 3. The van der Waals surface area contributed by atoms with E-state index in [0.29, 0.717) is 12.4 Å². The van der Waals surface area contributed by atoms with Gasteiger partial charge in [-0.2, -0.15) is 0 Å². The van der Waals surface area contributed by atoms with Gasteiger partial charge in [0, 0.05) is 36.0 Å². The quantitative estimate of drug-likeness (QED) is 0.294. The number of hydrogen-bond acceptors (Lipinski definition) is 6. The van der Waals surface area contributed by atoms with Crippen LogP contribution in [-0.2, 0) is 24.2 Å². The van der Waals surface area contributed by atoms with Crippen LogP contribution in [0.15, 0.2) is 85.2 Å². The molecule has 1 amide bonds. The van der Waals surface area contributed by atoms with Crippen molar-refractivity contribution in [2.24, 2.45) is 0 Å². The highest BCUT2D eigenvalue weighted by Crippen LogP contribution is 2.31. The van der Waals surface area contributed by atoms with Crippen LogP contribution >= 0.6 is 0 Å². The lowest BCUT2D eigenvalue weighted by Crippen LogP contribution is -2.21. The molecule has 1 aliphatic rings. The minimum absolute atomic E-state index is 0.312. The minimum Gasteiger partial charge on any atom is -0.444 e. The lowest BCUT2D eigenvalue weighted by molar-refractivity contribution is 0.151. The van der Waals surface area contributed by atoms with Gasteiger partial charge >= 0.3 is 6.09 Å². The fourth-order valence-electron chi connectivity index (χ4n) is 4.75. The van der Waals surface area contributed by atoms with Crippen LogP contribution in [0.25, 0.3) is 33.4 Å². The van der Waals surface area contributed by atoms with Gasteiger partial charge in [-0.3, -0.25) is 10.3 Å². The molecule has 0 atom stereocenters. The van der Waals surface area contributed by atoms with Crippen molar-refractivity contribution in [3.63, 3.8) is 0 Å². The molecule has 0 spiro atoms. The summed E-state index contributed by atoms with van der Waals surface area (Å²) in [5.41, 5.74) is 8.33. The highest BCUT2D eigenvalue weighted by Gasteiger charge is 2.18. The molecule has 0 fully saturated rings. The van der Waals surface area contributed by atoms with E-state index in [0.717, 1.165) is 57.5 Å². The van der Waals surface area contributed by atoms with Gasteiger partial charge in [0.05, 0.1) is 11.2 Å². The molecule has 7 nitrogen and oxygen atoms in total. The summed E-state index contributed by atoms with van der Waals surface area (Å²) in [6, 6.07) is 24.7. The Bertz CT molecular complexity index is 1620. The molecule has 3 heterocycles. The number of carbonyl (C=O) groups excluding carboxylic acids is 1. The van der Waals surface area contributed by atoms with Crippen molar-refractivity contribution in [3.8, 4) is 22.5 Å². The molecule has 0 radical (unpaired) electrons. The zero-order chi connectivity index (χ0) is 25.2. The van der Waals surface area contributed by atoms with Crippen LogP contribution in [-0.4, -0.2) is 28.1 Å². The Labute approximate surface area is 214 Å². The molecule has 0 aliphatic carbocycles. The fourth-order valence-corrected chi connectivity index (χ4v) is 4.75. The average Bonchev–Trinajstić information content (AvgIpc) is 2.95. The van der Waals surface area contributed by atoms with Crippen LogP contribution in [0.1, 0.15) is 16.7 Å². The van der Waals surface area contributed by atoms with E-state index in [1.54, 1.807) is 12.4 Å². The molecule has 0 unspecified atom stereocenters. The number of nitrogens with zero attached hydrogens (tertiary/aromatic N) is 3. The zero-order valence-corrected chi connectivity index (χ0v) is 20.4. The predicted molar refractivity (Wildman–Crippen MR) is 145 cm³/mol. The molecule has 0 saturated heterocycles. The van der Waals surface area contributed by atoms with Crippen LogP contribution in [0, 0.1) is 0 Å². The number of carbonyl (C=O) groups is 1. The largest absolute Gasteiger partial charge is 0.444 e. The highest BCUT2D eigenvalue weighted by molar-refractivity contribution is 5.94. The topological polar surface area (TPSA) is 89.0 Å². The van der Waals surface area contributed by atoms with Gasteiger partial charge in [0.15, 0.2) is 5.82 Å². The Morgan fingerprint density at radius 3 is 2.65 bits per heavy atom. The van der Waals surface area contributed by atoms with Gasteiger partial charge in [0.1, 0.15) is 12.4 Å². The lowest BCUT2D eigenvalue weighted by Gasteiger charge is -2.20. The standard InChI is InChI=1S/C30H25N5O2/c1-31-29-24-16-22(12-13-27(24)33-28(35-29)23-8-4-14-32-17-23)21-7-2-5-19(15-21)10-11-20-6-3-9-26-25(20)18-37-30(36)34-26/h2-9,12-17H,10-11,18H2,1H3,(H,34,36)(H,31,33,35). The number of fused-ring (bicyclic) bond motifs is 2. The molecule has 0 saturated carbocycles. The summed E-state index contributed by atoms with van der Waals surface area (Å²) in [6.07, 6.45) is 4.86. The van der Waals surface area contributed by atoms with Crippen molar-refractivity contribution < 1.29 is 9.53 Å². The maximum absolute atomic E-state index is 11.5. The number of rotatable bonds is 6. The van der Waals surface area contributed by atoms with Gasteiger partial charge in [-0.25, -0.2) is 14.8 Å². The van der Waals surface area contributed by atoms with Gasteiger partial charge < -0.3 is 10.1 Å². The van der Waals surface area contributed by atoms with E-state index in [2.05, 4.69) is 58.1 Å². The molecule has 37 heavy (non-hydrogen) atoms. The van der Waals surface area contributed by atoms with Crippen LogP contribution in [0.3, 0.4) is 0 Å². The molecular formula is C30H25N5O2. The van der Waals surface area contributed by atoms with Crippen molar-refractivity contribution >= 4 is 28.5 Å². The van der Waals surface area contributed by atoms with E-state index in [1.165, 1.54) is 11.1 Å². The van der Waals surface area contributed by atoms with Crippen LogP contribution < -0.4 is 10.6 Å². The third-order valence-corrected chi connectivity index (χ3v) is 6.65. The van der Waals surface area contributed by atoms with Crippen molar-refractivity contribution in [2.45, 2.75) is 19.4 Å². The second-order valence-corrected chi connectivity index (χ2v) is 8.96. The number of benzene rings is 3. The summed E-state index contributed by atoms with van der Waals surface area (Å²) in [4.78, 5) is 25.3. The van der Waals surface area contributed by atoms with Crippen LogP contribution in [0.5, 0.6) is 0 Å². The normalized spacial score (nSPS) is 12.5. The Morgan fingerprint density at radius 2 is 1.78 bits per heavy atom. The summed E-state index contributed by atoms with van der Waals surface area (Å²) < 4.78 is 5.19. The summed E-state index contributed by atoms with van der Waals surface area (Å²) >= 11 is 0. The predicted octanol–water partition coefficient (Wildman–Crippen LogP) is 6.25. The van der Waals surface area contributed by atoms with E-state index in [9.17, 15) is 4.79 Å². The number of aryl methyl sites for hydroxylation is 2.